The SMILES string of the molecule is CC/C(=N/NC(=O)CN(c1ccc(Cl)c(C(F)(F)F)c1)S(=O)(=O)c1ccccc1)c1ccc(OC)c(OC)c1. The molecule has 13 heteroatoms. The first-order chi connectivity index (χ1) is 18.4. The van der Waals surface area contributed by atoms with Crippen LogP contribution in [0.2, 0.25) is 5.02 Å². The predicted molar refractivity (Wildman–Crippen MR) is 142 cm³/mol. The molecule has 0 aromatic heterocycles. The second-order valence-corrected chi connectivity index (χ2v) is 10.3. The van der Waals surface area contributed by atoms with Gasteiger partial charge in [0.25, 0.3) is 15.9 Å². The molecule has 0 unspecified atom stereocenters. The molecule has 0 saturated carbocycles. The van der Waals surface area contributed by atoms with E-state index in [1.807, 2.05) is 0 Å². The maximum absolute atomic E-state index is 13.5. The first-order valence-corrected chi connectivity index (χ1v) is 13.3. The Morgan fingerprint density at radius 2 is 1.67 bits per heavy atom. The van der Waals surface area contributed by atoms with Crippen molar-refractivity contribution in [3.63, 3.8) is 0 Å². The van der Waals surface area contributed by atoms with Gasteiger partial charge in [-0.2, -0.15) is 18.3 Å². The number of hydrogen-bond donors (Lipinski definition) is 1. The van der Waals surface area contributed by atoms with Gasteiger partial charge in [-0.3, -0.25) is 9.10 Å². The first-order valence-electron chi connectivity index (χ1n) is 11.4. The van der Waals surface area contributed by atoms with Crippen LogP contribution in [0.15, 0.2) is 76.7 Å². The van der Waals surface area contributed by atoms with Crippen LogP contribution >= 0.6 is 11.6 Å². The third kappa shape index (κ3) is 7.01. The number of amides is 1. The number of alkyl halides is 3. The topological polar surface area (TPSA) is 97.3 Å². The molecule has 8 nitrogen and oxygen atoms in total. The molecule has 0 aliphatic heterocycles. The Kier molecular flexibility index (Phi) is 9.46. The number of methoxy groups -OCH3 is 2. The highest BCUT2D eigenvalue weighted by atomic mass is 35.5. The molecular weight excluding hydrogens is 559 g/mol. The van der Waals surface area contributed by atoms with E-state index in [2.05, 4.69) is 10.5 Å². The average Bonchev–Trinajstić information content (AvgIpc) is 2.92. The number of carbonyl (C=O) groups is 1. The summed E-state index contributed by atoms with van der Waals surface area (Å²) in [4.78, 5) is 12.7. The number of hydrazone groups is 1. The minimum absolute atomic E-state index is 0.218. The maximum atomic E-state index is 13.5. The maximum Gasteiger partial charge on any atom is 0.417 e. The summed E-state index contributed by atoms with van der Waals surface area (Å²) in [5.41, 5.74) is 1.71. The van der Waals surface area contributed by atoms with E-state index in [9.17, 15) is 26.4 Å². The number of hydrogen-bond acceptors (Lipinski definition) is 6. The molecule has 3 aromatic rings. The van der Waals surface area contributed by atoms with Crippen LogP contribution in [0.5, 0.6) is 11.5 Å². The fourth-order valence-corrected chi connectivity index (χ4v) is 5.24. The largest absolute Gasteiger partial charge is 0.493 e. The van der Waals surface area contributed by atoms with Crippen LogP contribution in [0.4, 0.5) is 18.9 Å². The van der Waals surface area contributed by atoms with Gasteiger partial charge in [0.05, 0.1) is 41.1 Å². The highest BCUT2D eigenvalue weighted by Gasteiger charge is 2.35. The number of ether oxygens (including phenoxy) is 2. The molecule has 0 heterocycles. The zero-order valence-corrected chi connectivity index (χ0v) is 22.7. The number of carbonyl (C=O) groups excluding carboxylic acids is 1. The number of nitrogens with one attached hydrogen (secondary N) is 1. The van der Waals surface area contributed by atoms with Crippen molar-refractivity contribution in [1.82, 2.24) is 5.43 Å². The van der Waals surface area contributed by atoms with Crippen molar-refractivity contribution in [2.45, 2.75) is 24.4 Å². The number of benzene rings is 3. The van der Waals surface area contributed by atoms with Crippen LogP contribution in [-0.2, 0) is 21.0 Å². The standard InChI is InChI=1S/C26H25ClF3N3O5S/c1-4-22(17-10-13-23(37-2)24(14-17)38-3)31-32-25(34)16-33(39(35,36)19-8-6-5-7-9-19)18-11-12-21(27)20(15-18)26(28,29)30/h5-15H,4,16H2,1-3H3,(H,32,34)/b31-22-. The van der Waals surface area contributed by atoms with Crippen LogP contribution in [-0.4, -0.2) is 40.8 Å². The molecule has 0 fully saturated rings. The van der Waals surface area contributed by atoms with Gasteiger partial charge in [0, 0.05) is 5.56 Å². The monoisotopic (exact) mass is 583 g/mol. The van der Waals surface area contributed by atoms with E-state index in [4.69, 9.17) is 21.1 Å². The highest BCUT2D eigenvalue weighted by molar-refractivity contribution is 7.92. The summed E-state index contributed by atoms with van der Waals surface area (Å²) in [6, 6.07) is 14.6. The van der Waals surface area contributed by atoms with Crippen LogP contribution in [0.25, 0.3) is 0 Å². The summed E-state index contributed by atoms with van der Waals surface area (Å²) < 4.78 is 78.5. The Labute approximate surface area is 229 Å². The Morgan fingerprint density at radius 3 is 2.26 bits per heavy atom. The number of halogens is 4. The fraction of sp³-hybridized carbons (Fsp3) is 0.231. The first kappa shape index (κ1) is 29.8. The molecule has 3 rings (SSSR count). The summed E-state index contributed by atoms with van der Waals surface area (Å²) in [7, 11) is -1.50. The van der Waals surface area contributed by atoms with Crippen molar-refractivity contribution >= 4 is 38.9 Å². The smallest absolute Gasteiger partial charge is 0.417 e. The van der Waals surface area contributed by atoms with Gasteiger partial charge in [0.1, 0.15) is 6.54 Å². The zero-order valence-electron chi connectivity index (χ0n) is 21.1. The molecule has 1 amide bonds. The molecule has 1 N–H and O–H groups in total. The molecule has 0 spiro atoms. The van der Waals surface area contributed by atoms with Gasteiger partial charge in [0.2, 0.25) is 0 Å². The van der Waals surface area contributed by atoms with E-state index in [0.29, 0.717) is 39.6 Å². The molecule has 0 aliphatic rings. The lowest BCUT2D eigenvalue weighted by atomic mass is 10.1. The summed E-state index contributed by atoms with van der Waals surface area (Å²) in [5.74, 6) is 0.0407. The van der Waals surface area contributed by atoms with Crippen LogP contribution in [0.1, 0.15) is 24.5 Å². The Balaban J connectivity index is 1.97. The second-order valence-electron chi connectivity index (χ2n) is 8.00. The molecule has 0 radical (unpaired) electrons. The van der Waals surface area contributed by atoms with Crippen molar-refractivity contribution in [2.24, 2.45) is 5.10 Å². The van der Waals surface area contributed by atoms with E-state index < -0.39 is 44.9 Å². The predicted octanol–water partition coefficient (Wildman–Crippen LogP) is 5.50. The Morgan fingerprint density at radius 1 is 1.00 bits per heavy atom. The quantitative estimate of drug-likeness (QED) is 0.251. The summed E-state index contributed by atoms with van der Waals surface area (Å²) in [6.45, 7) is 0.933. The Bertz CT molecular complexity index is 1470. The molecule has 3 aromatic carbocycles. The minimum Gasteiger partial charge on any atom is -0.493 e. The number of anilines is 1. The fourth-order valence-electron chi connectivity index (χ4n) is 3.58. The van der Waals surface area contributed by atoms with Crippen molar-refractivity contribution in [1.29, 1.82) is 0 Å². The van der Waals surface area contributed by atoms with E-state index in [1.54, 1.807) is 31.2 Å². The van der Waals surface area contributed by atoms with Crippen molar-refractivity contribution in [2.75, 3.05) is 25.1 Å². The second kappa shape index (κ2) is 12.4. The van der Waals surface area contributed by atoms with Gasteiger partial charge >= 0.3 is 6.18 Å². The summed E-state index contributed by atoms with van der Waals surface area (Å²) in [6.07, 6.45) is -4.47. The molecule has 0 atom stereocenters. The molecule has 39 heavy (non-hydrogen) atoms. The number of sulfonamides is 1. The van der Waals surface area contributed by atoms with Crippen molar-refractivity contribution in [3.8, 4) is 11.5 Å². The number of rotatable bonds is 10. The van der Waals surface area contributed by atoms with E-state index in [-0.39, 0.29) is 4.90 Å². The third-order valence-corrected chi connectivity index (χ3v) is 7.65. The van der Waals surface area contributed by atoms with Gasteiger partial charge in [-0.1, -0.05) is 36.7 Å². The van der Waals surface area contributed by atoms with Gasteiger partial charge in [-0.25, -0.2) is 13.8 Å². The Hall–Kier alpha value is -3.77. The van der Waals surface area contributed by atoms with Gasteiger partial charge in [-0.15, -0.1) is 0 Å². The molecule has 0 saturated heterocycles. The molecular formula is C26H25ClF3N3O5S. The molecule has 208 valence electrons. The van der Waals surface area contributed by atoms with Crippen LogP contribution in [0, 0.1) is 0 Å². The van der Waals surface area contributed by atoms with Gasteiger partial charge in [-0.05, 0) is 55.0 Å². The zero-order chi connectivity index (χ0) is 28.8. The van der Waals surface area contributed by atoms with Crippen molar-refractivity contribution in [3.05, 3.63) is 82.9 Å². The van der Waals surface area contributed by atoms with Crippen molar-refractivity contribution < 1.29 is 35.9 Å². The normalized spacial score (nSPS) is 12.1. The highest BCUT2D eigenvalue weighted by Crippen LogP contribution is 2.38. The third-order valence-electron chi connectivity index (χ3n) is 5.53. The average molecular weight is 584 g/mol. The summed E-state index contributed by atoms with van der Waals surface area (Å²) >= 11 is 5.72. The van der Waals surface area contributed by atoms with Crippen LogP contribution < -0.4 is 19.2 Å². The lowest BCUT2D eigenvalue weighted by molar-refractivity contribution is -0.137. The van der Waals surface area contributed by atoms with Crippen LogP contribution in [0.3, 0.4) is 0 Å². The molecule has 0 aliphatic carbocycles. The lowest BCUT2D eigenvalue weighted by Crippen LogP contribution is -2.40. The van der Waals surface area contributed by atoms with E-state index in [1.165, 1.54) is 38.5 Å². The minimum atomic E-state index is -4.85. The van der Waals surface area contributed by atoms with E-state index >= 15 is 0 Å². The molecule has 0 bridgehead atoms. The lowest BCUT2D eigenvalue weighted by Gasteiger charge is -2.25. The van der Waals surface area contributed by atoms with Gasteiger partial charge < -0.3 is 9.47 Å². The summed E-state index contributed by atoms with van der Waals surface area (Å²) in [5, 5.41) is 3.50. The number of nitrogens with zero attached hydrogens (tertiary/aromatic N) is 2. The van der Waals surface area contributed by atoms with E-state index in [0.717, 1.165) is 12.1 Å². The van der Waals surface area contributed by atoms with Gasteiger partial charge in [0.15, 0.2) is 11.5 Å².